The SMILES string of the molecule is Cc1nn(Cc2ccccc2Cl)c(Cl)c1C(=O)OCc1nc(C(C)C)no1. The van der Waals surface area contributed by atoms with Crippen LogP contribution in [0.3, 0.4) is 0 Å². The van der Waals surface area contributed by atoms with Gasteiger partial charge < -0.3 is 9.26 Å². The highest BCUT2D eigenvalue weighted by Gasteiger charge is 2.23. The summed E-state index contributed by atoms with van der Waals surface area (Å²) in [5.41, 5.74) is 1.51. The van der Waals surface area contributed by atoms with E-state index in [1.54, 1.807) is 13.0 Å². The Labute approximate surface area is 166 Å². The minimum atomic E-state index is -0.604. The highest BCUT2D eigenvalue weighted by Crippen LogP contribution is 2.24. The second kappa shape index (κ2) is 8.10. The molecule has 0 bridgehead atoms. The topological polar surface area (TPSA) is 83.0 Å². The second-order valence-electron chi connectivity index (χ2n) is 6.28. The van der Waals surface area contributed by atoms with Gasteiger partial charge in [0.1, 0.15) is 10.7 Å². The number of rotatable bonds is 6. The molecule has 2 heterocycles. The minimum Gasteiger partial charge on any atom is -0.452 e. The molecule has 0 radical (unpaired) electrons. The predicted octanol–water partition coefficient (Wildman–Crippen LogP) is 4.41. The van der Waals surface area contributed by atoms with Crippen LogP contribution in [0.4, 0.5) is 0 Å². The van der Waals surface area contributed by atoms with Gasteiger partial charge in [-0.05, 0) is 18.6 Å². The first-order valence-corrected chi connectivity index (χ1v) is 9.08. The molecule has 3 rings (SSSR count). The largest absolute Gasteiger partial charge is 0.452 e. The lowest BCUT2D eigenvalue weighted by Gasteiger charge is -2.06. The van der Waals surface area contributed by atoms with Crippen molar-refractivity contribution < 1.29 is 14.1 Å². The van der Waals surface area contributed by atoms with Crippen LogP contribution >= 0.6 is 23.2 Å². The maximum atomic E-state index is 12.5. The normalized spacial score (nSPS) is 11.2. The molecule has 2 aromatic heterocycles. The van der Waals surface area contributed by atoms with Crippen molar-refractivity contribution in [3.05, 3.63) is 63.0 Å². The first kappa shape index (κ1) is 19.4. The smallest absolute Gasteiger partial charge is 0.343 e. The first-order valence-electron chi connectivity index (χ1n) is 8.32. The Hall–Kier alpha value is -2.38. The lowest BCUT2D eigenvalue weighted by Crippen LogP contribution is -2.07. The van der Waals surface area contributed by atoms with Crippen molar-refractivity contribution in [1.29, 1.82) is 0 Å². The van der Waals surface area contributed by atoms with E-state index in [1.165, 1.54) is 4.68 Å². The van der Waals surface area contributed by atoms with Crippen LogP contribution in [0, 0.1) is 6.92 Å². The molecule has 27 heavy (non-hydrogen) atoms. The number of hydrogen-bond donors (Lipinski definition) is 0. The summed E-state index contributed by atoms with van der Waals surface area (Å²) in [5, 5.41) is 8.94. The molecule has 0 atom stereocenters. The number of carbonyl (C=O) groups excluding carboxylic acids is 1. The Morgan fingerprint density at radius 2 is 2.04 bits per heavy atom. The predicted molar refractivity (Wildman–Crippen MR) is 100 cm³/mol. The summed E-state index contributed by atoms with van der Waals surface area (Å²) in [6.45, 7) is 5.78. The molecule has 1 aromatic carbocycles. The van der Waals surface area contributed by atoms with Crippen molar-refractivity contribution in [3.8, 4) is 0 Å². The van der Waals surface area contributed by atoms with Crippen LogP contribution in [0.5, 0.6) is 0 Å². The third-order valence-corrected chi connectivity index (χ3v) is 4.63. The Kier molecular flexibility index (Phi) is 5.82. The first-order chi connectivity index (χ1) is 12.9. The van der Waals surface area contributed by atoms with E-state index in [-0.39, 0.29) is 29.1 Å². The van der Waals surface area contributed by atoms with Crippen LogP contribution in [-0.4, -0.2) is 25.9 Å². The monoisotopic (exact) mass is 408 g/mol. The molecule has 7 nitrogen and oxygen atoms in total. The van der Waals surface area contributed by atoms with E-state index in [0.29, 0.717) is 23.1 Å². The van der Waals surface area contributed by atoms with Gasteiger partial charge in [0.05, 0.1) is 12.2 Å². The van der Waals surface area contributed by atoms with Crippen molar-refractivity contribution in [2.45, 2.75) is 39.8 Å². The van der Waals surface area contributed by atoms with Crippen molar-refractivity contribution in [2.24, 2.45) is 0 Å². The van der Waals surface area contributed by atoms with Gasteiger partial charge >= 0.3 is 5.97 Å². The van der Waals surface area contributed by atoms with E-state index < -0.39 is 5.97 Å². The third-order valence-electron chi connectivity index (χ3n) is 3.87. The fraction of sp³-hybridized carbons (Fsp3) is 0.333. The van der Waals surface area contributed by atoms with Crippen LogP contribution in [0.15, 0.2) is 28.8 Å². The van der Waals surface area contributed by atoms with Gasteiger partial charge in [-0.3, -0.25) is 0 Å². The maximum absolute atomic E-state index is 12.5. The zero-order valence-corrected chi connectivity index (χ0v) is 16.6. The fourth-order valence-electron chi connectivity index (χ4n) is 2.44. The fourth-order valence-corrected chi connectivity index (χ4v) is 2.95. The summed E-state index contributed by atoms with van der Waals surface area (Å²) in [7, 11) is 0. The summed E-state index contributed by atoms with van der Waals surface area (Å²) in [6, 6.07) is 7.37. The lowest BCUT2D eigenvalue weighted by atomic mass is 10.2. The van der Waals surface area contributed by atoms with Crippen molar-refractivity contribution in [3.63, 3.8) is 0 Å². The standard InChI is InChI=1S/C18H18Cl2N4O3/c1-10(2)17-21-14(27-23-17)9-26-18(25)15-11(3)22-24(16(15)20)8-12-6-4-5-7-13(12)19/h4-7,10H,8-9H2,1-3H3. The number of halogens is 2. The van der Waals surface area contributed by atoms with Gasteiger partial charge in [0, 0.05) is 10.9 Å². The zero-order chi connectivity index (χ0) is 19.6. The molecule has 0 aliphatic heterocycles. The number of carbonyl (C=O) groups is 1. The second-order valence-corrected chi connectivity index (χ2v) is 7.04. The molecule has 9 heteroatoms. The number of esters is 1. The van der Waals surface area contributed by atoms with E-state index in [4.69, 9.17) is 32.5 Å². The Balaban J connectivity index is 1.73. The molecular formula is C18H18Cl2N4O3. The summed E-state index contributed by atoms with van der Waals surface area (Å²) in [4.78, 5) is 16.6. The van der Waals surface area contributed by atoms with Crippen LogP contribution in [0.2, 0.25) is 10.2 Å². The molecule has 0 unspecified atom stereocenters. The summed E-state index contributed by atoms with van der Waals surface area (Å²) in [6.07, 6.45) is 0. The average Bonchev–Trinajstić information content (AvgIpc) is 3.20. The zero-order valence-electron chi connectivity index (χ0n) is 15.1. The van der Waals surface area contributed by atoms with Crippen molar-refractivity contribution >= 4 is 29.2 Å². The van der Waals surface area contributed by atoms with Gasteiger partial charge in [-0.25, -0.2) is 9.48 Å². The van der Waals surface area contributed by atoms with Gasteiger partial charge in [-0.15, -0.1) is 0 Å². The molecule has 0 saturated carbocycles. The number of hydrogen-bond acceptors (Lipinski definition) is 6. The van der Waals surface area contributed by atoms with E-state index in [2.05, 4.69) is 15.2 Å². The van der Waals surface area contributed by atoms with E-state index in [0.717, 1.165) is 5.56 Å². The lowest BCUT2D eigenvalue weighted by molar-refractivity contribution is 0.0429. The molecule has 3 aromatic rings. The Morgan fingerprint density at radius 1 is 1.30 bits per heavy atom. The quantitative estimate of drug-likeness (QED) is 0.561. The van der Waals surface area contributed by atoms with Crippen LogP contribution in [-0.2, 0) is 17.9 Å². The number of aryl methyl sites for hydroxylation is 1. The molecule has 0 N–H and O–H groups in total. The number of nitrogens with zero attached hydrogens (tertiary/aromatic N) is 4. The number of aromatic nitrogens is 4. The minimum absolute atomic E-state index is 0.123. The van der Waals surface area contributed by atoms with Crippen LogP contribution in [0.1, 0.15) is 53.1 Å². The molecule has 0 aliphatic carbocycles. The van der Waals surface area contributed by atoms with E-state index >= 15 is 0 Å². The molecule has 0 fully saturated rings. The molecular weight excluding hydrogens is 391 g/mol. The van der Waals surface area contributed by atoms with Gasteiger partial charge in [0.25, 0.3) is 5.89 Å². The number of benzene rings is 1. The molecule has 0 aliphatic rings. The summed E-state index contributed by atoms with van der Waals surface area (Å²) < 4.78 is 11.8. The van der Waals surface area contributed by atoms with Gasteiger partial charge in [0.15, 0.2) is 12.4 Å². The Bertz CT molecular complexity index is 965. The van der Waals surface area contributed by atoms with Crippen molar-refractivity contribution in [2.75, 3.05) is 0 Å². The average molecular weight is 409 g/mol. The molecule has 142 valence electrons. The highest BCUT2D eigenvalue weighted by atomic mass is 35.5. The number of ether oxygens (including phenoxy) is 1. The van der Waals surface area contributed by atoms with Crippen molar-refractivity contribution in [1.82, 2.24) is 19.9 Å². The van der Waals surface area contributed by atoms with E-state index in [1.807, 2.05) is 32.0 Å². The highest BCUT2D eigenvalue weighted by molar-refractivity contribution is 6.33. The van der Waals surface area contributed by atoms with Gasteiger partial charge in [0.2, 0.25) is 0 Å². The van der Waals surface area contributed by atoms with Gasteiger partial charge in [-0.1, -0.05) is 60.4 Å². The van der Waals surface area contributed by atoms with E-state index in [9.17, 15) is 4.79 Å². The molecule has 0 saturated heterocycles. The Morgan fingerprint density at radius 3 is 2.70 bits per heavy atom. The van der Waals surface area contributed by atoms with Crippen LogP contribution in [0.25, 0.3) is 0 Å². The molecule has 0 amide bonds. The summed E-state index contributed by atoms with van der Waals surface area (Å²) in [5.74, 6) is 0.303. The summed E-state index contributed by atoms with van der Waals surface area (Å²) >= 11 is 12.5. The maximum Gasteiger partial charge on any atom is 0.343 e. The van der Waals surface area contributed by atoms with Gasteiger partial charge in [-0.2, -0.15) is 10.1 Å². The molecule has 0 spiro atoms. The third kappa shape index (κ3) is 4.31. The van der Waals surface area contributed by atoms with Crippen LogP contribution < -0.4 is 0 Å².